The first-order valence-corrected chi connectivity index (χ1v) is 9.92. The maximum atomic E-state index is 13.2. The van der Waals surface area contributed by atoms with Gasteiger partial charge in [0.05, 0.1) is 6.04 Å². The van der Waals surface area contributed by atoms with Gasteiger partial charge in [0.2, 0.25) is 0 Å². The normalized spacial score (nSPS) is 12.1. The lowest BCUT2D eigenvalue weighted by molar-refractivity contribution is 0.0939. The molecule has 1 atom stereocenters. The molecule has 0 unspecified atom stereocenters. The van der Waals surface area contributed by atoms with Crippen molar-refractivity contribution in [3.05, 3.63) is 88.7 Å². The van der Waals surface area contributed by atoms with Crippen LogP contribution < -0.4 is 5.32 Å². The Kier molecular flexibility index (Phi) is 6.45. The highest BCUT2D eigenvalue weighted by molar-refractivity contribution is 5.97. The number of aromatic nitrogens is 1. The molecule has 3 aromatic rings. The molecule has 2 aromatic carbocycles. The van der Waals surface area contributed by atoms with Gasteiger partial charge in [0.15, 0.2) is 0 Å². The van der Waals surface area contributed by atoms with Gasteiger partial charge in [-0.25, -0.2) is 0 Å². The van der Waals surface area contributed by atoms with Crippen molar-refractivity contribution in [3.63, 3.8) is 0 Å². The molecule has 1 heterocycles. The van der Waals surface area contributed by atoms with E-state index in [1.165, 1.54) is 0 Å². The maximum Gasteiger partial charge on any atom is 0.252 e. The second kappa shape index (κ2) is 9.01. The summed E-state index contributed by atoms with van der Waals surface area (Å²) in [6.45, 7) is 6.75. The molecular formula is C25H29N3O. The van der Waals surface area contributed by atoms with E-state index in [9.17, 15) is 4.79 Å². The predicted molar refractivity (Wildman–Crippen MR) is 119 cm³/mol. The molecule has 150 valence electrons. The first kappa shape index (κ1) is 20.7. The Balaban J connectivity index is 1.95. The van der Waals surface area contributed by atoms with E-state index >= 15 is 0 Å². The van der Waals surface area contributed by atoms with Crippen LogP contribution in [0.2, 0.25) is 0 Å². The number of nitrogens with zero attached hydrogens (tertiary/aromatic N) is 2. The summed E-state index contributed by atoms with van der Waals surface area (Å²) in [7, 11) is 4.09. The maximum absolute atomic E-state index is 13.2. The number of carbonyl (C=O) groups is 1. The molecule has 0 radical (unpaired) electrons. The highest BCUT2D eigenvalue weighted by Crippen LogP contribution is 2.27. The van der Waals surface area contributed by atoms with Gasteiger partial charge in [-0.1, -0.05) is 36.4 Å². The monoisotopic (exact) mass is 387 g/mol. The fourth-order valence-electron chi connectivity index (χ4n) is 3.41. The number of benzene rings is 2. The van der Waals surface area contributed by atoms with Crippen molar-refractivity contribution in [2.45, 2.75) is 33.4 Å². The molecule has 1 N–H and O–H groups in total. The number of nitrogens with one attached hydrogen (secondary N) is 1. The summed E-state index contributed by atoms with van der Waals surface area (Å²) < 4.78 is 0. The number of pyridine rings is 1. The van der Waals surface area contributed by atoms with Gasteiger partial charge in [0.25, 0.3) is 5.91 Å². The largest absolute Gasteiger partial charge is 0.345 e. The van der Waals surface area contributed by atoms with E-state index in [0.717, 1.165) is 45.6 Å². The lowest BCUT2D eigenvalue weighted by Gasteiger charge is -2.19. The van der Waals surface area contributed by atoms with Crippen molar-refractivity contribution in [1.29, 1.82) is 0 Å². The highest BCUT2D eigenvalue weighted by atomic mass is 16.1. The van der Waals surface area contributed by atoms with Crippen LogP contribution in [0.25, 0.3) is 11.1 Å². The molecule has 0 bridgehead atoms. The lowest BCUT2D eigenvalue weighted by Crippen LogP contribution is -2.28. The van der Waals surface area contributed by atoms with Crippen LogP contribution in [0.3, 0.4) is 0 Å². The van der Waals surface area contributed by atoms with Gasteiger partial charge in [-0.05, 0) is 80.9 Å². The van der Waals surface area contributed by atoms with Gasteiger partial charge in [0.1, 0.15) is 0 Å². The SMILES string of the molecule is Cc1ccc([C@@H](C)NC(=O)c2cc(-c3ccccc3)cc(CN(C)C)c2C)cn1. The number of carbonyl (C=O) groups excluding carboxylic acids is 1. The minimum atomic E-state index is -0.118. The van der Waals surface area contributed by atoms with Crippen molar-refractivity contribution in [2.75, 3.05) is 14.1 Å². The van der Waals surface area contributed by atoms with E-state index in [1.807, 2.05) is 77.5 Å². The standard InChI is InChI=1S/C25H29N3O/c1-17-11-12-21(15-26-17)19(3)27-25(29)24-14-22(20-9-7-6-8-10-20)13-23(18(24)2)16-28(4)5/h6-15,19H,16H2,1-5H3,(H,27,29)/t19-/m1/s1. The number of amides is 1. The van der Waals surface area contributed by atoms with Gasteiger partial charge < -0.3 is 10.2 Å². The van der Waals surface area contributed by atoms with Gasteiger partial charge in [-0.15, -0.1) is 0 Å². The van der Waals surface area contributed by atoms with Crippen LogP contribution in [-0.2, 0) is 6.54 Å². The summed E-state index contributed by atoms with van der Waals surface area (Å²) in [6, 6.07) is 18.2. The Bertz CT molecular complexity index is 979. The van der Waals surface area contributed by atoms with E-state index < -0.39 is 0 Å². The fraction of sp³-hybridized carbons (Fsp3) is 0.280. The Hall–Kier alpha value is -2.98. The summed E-state index contributed by atoms with van der Waals surface area (Å²) in [6.07, 6.45) is 1.82. The van der Waals surface area contributed by atoms with Crippen molar-refractivity contribution in [3.8, 4) is 11.1 Å². The van der Waals surface area contributed by atoms with Crippen LogP contribution in [0.1, 0.15) is 45.7 Å². The van der Waals surface area contributed by atoms with Crippen LogP contribution in [0.15, 0.2) is 60.8 Å². The number of hydrogen-bond acceptors (Lipinski definition) is 3. The van der Waals surface area contributed by atoms with E-state index in [4.69, 9.17) is 0 Å². The summed E-state index contributed by atoms with van der Waals surface area (Å²) in [5.74, 6) is -0.0617. The second-order valence-electron chi connectivity index (χ2n) is 7.84. The van der Waals surface area contributed by atoms with Gasteiger partial charge in [-0.2, -0.15) is 0 Å². The zero-order valence-electron chi connectivity index (χ0n) is 17.9. The fourth-order valence-corrected chi connectivity index (χ4v) is 3.41. The second-order valence-corrected chi connectivity index (χ2v) is 7.84. The molecule has 3 rings (SSSR count). The average Bonchev–Trinajstić information content (AvgIpc) is 2.70. The highest BCUT2D eigenvalue weighted by Gasteiger charge is 2.18. The lowest BCUT2D eigenvalue weighted by atomic mass is 9.94. The van der Waals surface area contributed by atoms with Crippen LogP contribution in [0, 0.1) is 13.8 Å². The van der Waals surface area contributed by atoms with Crippen LogP contribution in [0.5, 0.6) is 0 Å². The van der Waals surface area contributed by atoms with Crippen molar-refractivity contribution >= 4 is 5.91 Å². The first-order valence-electron chi connectivity index (χ1n) is 9.92. The zero-order chi connectivity index (χ0) is 21.0. The smallest absolute Gasteiger partial charge is 0.252 e. The van der Waals surface area contributed by atoms with Gasteiger partial charge >= 0.3 is 0 Å². The van der Waals surface area contributed by atoms with E-state index in [0.29, 0.717) is 0 Å². The summed E-state index contributed by atoms with van der Waals surface area (Å²) in [5.41, 5.74) is 7.02. The zero-order valence-corrected chi connectivity index (χ0v) is 17.9. The third kappa shape index (κ3) is 5.09. The number of hydrogen-bond donors (Lipinski definition) is 1. The Labute approximate surface area is 173 Å². The van der Waals surface area contributed by atoms with E-state index in [2.05, 4.69) is 33.4 Å². The quantitative estimate of drug-likeness (QED) is 0.653. The first-order chi connectivity index (χ1) is 13.8. The Morgan fingerprint density at radius 2 is 1.76 bits per heavy atom. The Morgan fingerprint density at radius 1 is 1.03 bits per heavy atom. The van der Waals surface area contributed by atoms with Crippen molar-refractivity contribution in [2.24, 2.45) is 0 Å². The summed E-state index contributed by atoms with van der Waals surface area (Å²) >= 11 is 0. The molecule has 4 nitrogen and oxygen atoms in total. The van der Waals surface area contributed by atoms with Crippen LogP contribution in [0.4, 0.5) is 0 Å². The number of rotatable bonds is 6. The minimum absolute atomic E-state index is 0.0617. The Morgan fingerprint density at radius 3 is 2.38 bits per heavy atom. The average molecular weight is 388 g/mol. The molecule has 0 aliphatic heterocycles. The molecule has 0 aliphatic carbocycles. The summed E-state index contributed by atoms with van der Waals surface area (Å²) in [4.78, 5) is 19.7. The van der Waals surface area contributed by atoms with Crippen molar-refractivity contribution < 1.29 is 4.79 Å². The summed E-state index contributed by atoms with van der Waals surface area (Å²) in [5, 5.41) is 3.14. The van der Waals surface area contributed by atoms with Crippen molar-refractivity contribution in [1.82, 2.24) is 15.2 Å². The predicted octanol–water partition coefficient (Wildman–Crippen LogP) is 4.92. The molecular weight excluding hydrogens is 358 g/mol. The molecule has 0 fully saturated rings. The molecule has 4 heteroatoms. The minimum Gasteiger partial charge on any atom is -0.345 e. The number of aryl methyl sites for hydroxylation is 1. The molecule has 0 saturated heterocycles. The molecule has 1 amide bonds. The van der Waals surface area contributed by atoms with Crippen LogP contribution in [-0.4, -0.2) is 29.9 Å². The molecule has 29 heavy (non-hydrogen) atoms. The third-order valence-electron chi connectivity index (χ3n) is 5.14. The third-order valence-corrected chi connectivity index (χ3v) is 5.14. The molecule has 1 aromatic heterocycles. The molecule has 0 aliphatic rings. The van der Waals surface area contributed by atoms with Crippen LogP contribution >= 0.6 is 0 Å². The molecule has 0 saturated carbocycles. The van der Waals surface area contributed by atoms with Gasteiger partial charge in [0, 0.05) is 24.0 Å². The molecule has 0 spiro atoms. The van der Waals surface area contributed by atoms with E-state index in [-0.39, 0.29) is 11.9 Å². The van der Waals surface area contributed by atoms with E-state index in [1.54, 1.807) is 0 Å². The topological polar surface area (TPSA) is 45.2 Å². The van der Waals surface area contributed by atoms with Gasteiger partial charge in [-0.3, -0.25) is 9.78 Å².